The molecule has 2 aliphatic rings. The van der Waals surface area contributed by atoms with E-state index in [1.54, 1.807) is 0 Å². The summed E-state index contributed by atoms with van der Waals surface area (Å²) in [6, 6.07) is 0. The predicted molar refractivity (Wildman–Crippen MR) is 48.4 cm³/mol. The number of hydrogen-bond acceptors (Lipinski definition) is 0. The molecule has 0 spiro atoms. The minimum Gasteiger partial charge on any atom is -0.0851 e. The van der Waals surface area contributed by atoms with Crippen LogP contribution in [0.5, 0.6) is 0 Å². The van der Waals surface area contributed by atoms with E-state index in [4.69, 9.17) is 0 Å². The van der Waals surface area contributed by atoms with E-state index < -0.39 is 0 Å². The van der Waals surface area contributed by atoms with Crippen molar-refractivity contribution >= 4 is 0 Å². The van der Waals surface area contributed by atoms with Crippen molar-refractivity contribution in [3.8, 4) is 0 Å². The van der Waals surface area contributed by atoms with Crippen LogP contribution in [-0.4, -0.2) is 0 Å². The quantitative estimate of drug-likeness (QED) is 0.528. The Bertz CT molecular complexity index is 167. The van der Waals surface area contributed by atoms with Crippen LogP contribution in [0.15, 0.2) is 11.6 Å². The van der Waals surface area contributed by atoms with Crippen molar-refractivity contribution in [3.05, 3.63) is 11.6 Å². The van der Waals surface area contributed by atoms with Gasteiger partial charge < -0.3 is 0 Å². The summed E-state index contributed by atoms with van der Waals surface area (Å²) in [4.78, 5) is 0. The van der Waals surface area contributed by atoms with Gasteiger partial charge in [0.2, 0.25) is 0 Å². The van der Waals surface area contributed by atoms with Crippen molar-refractivity contribution in [2.24, 2.45) is 11.8 Å². The van der Waals surface area contributed by atoms with Gasteiger partial charge in [-0.2, -0.15) is 0 Å². The molecule has 0 aromatic rings. The molecule has 2 aliphatic carbocycles. The van der Waals surface area contributed by atoms with E-state index in [0.717, 1.165) is 11.8 Å². The molecule has 2 bridgehead atoms. The standard InChI is InChI=1S/C11H18/c1-2-3-4-10-7-9-5-6-11(10)8-9/h4,9,11H,2-3,5-8H2,1H3. The Hall–Kier alpha value is -0.260. The van der Waals surface area contributed by atoms with Crippen LogP contribution in [0.1, 0.15) is 45.4 Å². The lowest BCUT2D eigenvalue weighted by Gasteiger charge is -2.12. The zero-order valence-electron chi connectivity index (χ0n) is 7.47. The average Bonchev–Trinajstić information content (AvgIpc) is 2.60. The van der Waals surface area contributed by atoms with Gasteiger partial charge in [0.1, 0.15) is 0 Å². The Morgan fingerprint density at radius 3 is 2.91 bits per heavy atom. The number of allylic oxidation sites excluding steroid dienone is 2. The molecule has 0 aromatic carbocycles. The first-order valence-electron chi connectivity index (χ1n) is 5.09. The molecule has 2 saturated carbocycles. The smallest absolute Gasteiger partial charge is 0.0200 e. The Balaban J connectivity index is 1.96. The molecule has 2 rings (SSSR count). The monoisotopic (exact) mass is 150 g/mol. The second-order valence-corrected chi connectivity index (χ2v) is 4.15. The summed E-state index contributed by atoms with van der Waals surface area (Å²) in [5.41, 5.74) is 1.81. The lowest BCUT2D eigenvalue weighted by atomic mass is 9.94. The van der Waals surface area contributed by atoms with Gasteiger partial charge in [-0.25, -0.2) is 0 Å². The van der Waals surface area contributed by atoms with E-state index in [1.807, 2.05) is 5.57 Å². The summed E-state index contributed by atoms with van der Waals surface area (Å²) in [6.07, 6.45) is 11.2. The lowest BCUT2D eigenvalue weighted by Crippen LogP contribution is -1.97. The fraction of sp³-hybridized carbons (Fsp3) is 0.818. The highest BCUT2D eigenvalue weighted by atomic mass is 14.4. The minimum atomic E-state index is 1.02. The maximum absolute atomic E-state index is 2.52. The van der Waals surface area contributed by atoms with Crippen LogP contribution in [0.4, 0.5) is 0 Å². The first-order valence-corrected chi connectivity index (χ1v) is 5.09. The molecule has 0 heteroatoms. The van der Waals surface area contributed by atoms with Crippen LogP contribution in [0.3, 0.4) is 0 Å². The Kier molecular flexibility index (Phi) is 2.02. The second kappa shape index (κ2) is 3.00. The third-order valence-electron chi connectivity index (χ3n) is 3.29. The summed E-state index contributed by atoms with van der Waals surface area (Å²) in [7, 11) is 0. The summed E-state index contributed by atoms with van der Waals surface area (Å²) in [5, 5.41) is 0. The molecule has 2 unspecified atom stereocenters. The van der Waals surface area contributed by atoms with E-state index >= 15 is 0 Å². The van der Waals surface area contributed by atoms with Gasteiger partial charge in [-0.15, -0.1) is 0 Å². The van der Waals surface area contributed by atoms with Crippen LogP contribution in [-0.2, 0) is 0 Å². The first kappa shape index (κ1) is 7.39. The number of unbranched alkanes of at least 4 members (excludes halogenated alkanes) is 1. The van der Waals surface area contributed by atoms with E-state index in [9.17, 15) is 0 Å². The summed E-state index contributed by atoms with van der Waals surface area (Å²) in [6.45, 7) is 2.27. The van der Waals surface area contributed by atoms with Crippen LogP contribution >= 0.6 is 0 Å². The average molecular weight is 150 g/mol. The SMILES string of the molecule is CCCC=C1CC2CCC1C2. The molecular formula is C11H18. The topological polar surface area (TPSA) is 0 Å². The zero-order chi connectivity index (χ0) is 7.68. The Morgan fingerprint density at radius 1 is 1.45 bits per heavy atom. The number of hydrogen-bond donors (Lipinski definition) is 0. The normalized spacial score (nSPS) is 38.8. The highest BCUT2D eigenvalue weighted by molar-refractivity contribution is 5.16. The fourth-order valence-electron chi connectivity index (χ4n) is 2.68. The summed E-state index contributed by atoms with van der Waals surface area (Å²) < 4.78 is 0. The second-order valence-electron chi connectivity index (χ2n) is 4.15. The third kappa shape index (κ3) is 1.36. The highest BCUT2D eigenvalue weighted by Gasteiger charge is 2.34. The van der Waals surface area contributed by atoms with Crippen LogP contribution in [0.25, 0.3) is 0 Å². The number of rotatable bonds is 2. The molecule has 62 valence electrons. The first-order chi connectivity index (χ1) is 5.40. The van der Waals surface area contributed by atoms with E-state index in [2.05, 4.69) is 13.0 Å². The molecule has 0 heterocycles. The maximum atomic E-state index is 2.52. The van der Waals surface area contributed by atoms with Gasteiger partial charge in [0.25, 0.3) is 0 Å². The Labute approximate surface area is 69.7 Å². The zero-order valence-corrected chi connectivity index (χ0v) is 7.47. The molecule has 0 aromatic heterocycles. The third-order valence-corrected chi connectivity index (χ3v) is 3.29. The van der Waals surface area contributed by atoms with Gasteiger partial charge in [-0.05, 0) is 43.9 Å². The van der Waals surface area contributed by atoms with Gasteiger partial charge in [-0.3, -0.25) is 0 Å². The van der Waals surface area contributed by atoms with Crippen molar-refractivity contribution in [3.63, 3.8) is 0 Å². The molecule has 0 saturated heterocycles. The predicted octanol–water partition coefficient (Wildman–Crippen LogP) is 3.53. The van der Waals surface area contributed by atoms with Gasteiger partial charge in [0, 0.05) is 0 Å². The van der Waals surface area contributed by atoms with Gasteiger partial charge in [-0.1, -0.05) is 25.0 Å². The van der Waals surface area contributed by atoms with E-state index in [1.165, 1.54) is 38.5 Å². The van der Waals surface area contributed by atoms with Gasteiger partial charge in [0.05, 0.1) is 0 Å². The van der Waals surface area contributed by atoms with Crippen molar-refractivity contribution < 1.29 is 0 Å². The van der Waals surface area contributed by atoms with E-state index in [-0.39, 0.29) is 0 Å². The van der Waals surface area contributed by atoms with Crippen LogP contribution in [0.2, 0.25) is 0 Å². The summed E-state index contributed by atoms with van der Waals surface area (Å²) in [5.74, 6) is 2.11. The largest absolute Gasteiger partial charge is 0.0851 e. The molecule has 0 aliphatic heterocycles. The van der Waals surface area contributed by atoms with E-state index in [0.29, 0.717) is 0 Å². The van der Waals surface area contributed by atoms with Crippen molar-refractivity contribution in [1.29, 1.82) is 0 Å². The van der Waals surface area contributed by atoms with Crippen molar-refractivity contribution in [1.82, 2.24) is 0 Å². The molecule has 11 heavy (non-hydrogen) atoms. The molecule has 0 nitrogen and oxygen atoms in total. The fourth-order valence-corrected chi connectivity index (χ4v) is 2.68. The van der Waals surface area contributed by atoms with Crippen LogP contribution < -0.4 is 0 Å². The lowest BCUT2D eigenvalue weighted by molar-refractivity contribution is 0.559. The van der Waals surface area contributed by atoms with Gasteiger partial charge >= 0.3 is 0 Å². The molecule has 0 radical (unpaired) electrons. The van der Waals surface area contributed by atoms with Crippen molar-refractivity contribution in [2.45, 2.75) is 45.4 Å². The minimum absolute atomic E-state index is 1.02. The highest BCUT2D eigenvalue weighted by Crippen LogP contribution is 2.47. The number of fused-ring (bicyclic) bond motifs is 2. The Morgan fingerprint density at radius 2 is 2.36 bits per heavy atom. The summed E-state index contributed by atoms with van der Waals surface area (Å²) >= 11 is 0. The maximum Gasteiger partial charge on any atom is -0.0200 e. The molecule has 2 atom stereocenters. The molecular weight excluding hydrogens is 132 g/mol. The van der Waals surface area contributed by atoms with Gasteiger partial charge in [0.15, 0.2) is 0 Å². The molecule has 2 fully saturated rings. The molecule has 0 N–H and O–H groups in total. The van der Waals surface area contributed by atoms with Crippen molar-refractivity contribution in [2.75, 3.05) is 0 Å². The van der Waals surface area contributed by atoms with Crippen LogP contribution in [0, 0.1) is 11.8 Å². The molecule has 0 amide bonds.